The molecule has 9 heteroatoms. The Balaban J connectivity index is 0.000000122. The van der Waals surface area contributed by atoms with Crippen molar-refractivity contribution in [1.82, 2.24) is 0 Å². The molecule has 0 amide bonds. The molecule has 15 rings (SSSR count). The molecule has 0 saturated carbocycles. The normalized spacial score (nSPS) is 15.6. The summed E-state index contributed by atoms with van der Waals surface area (Å²) >= 11 is 0. The summed E-state index contributed by atoms with van der Waals surface area (Å²) in [6, 6.07) is 52.5. The lowest BCUT2D eigenvalue weighted by molar-refractivity contribution is 0.105. The third kappa shape index (κ3) is 14.8. The van der Waals surface area contributed by atoms with E-state index in [1.807, 2.05) is 141 Å². The Morgan fingerprint density at radius 1 is 0.323 bits per heavy atom. The molecule has 0 fully saturated rings. The summed E-state index contributed by atoms with van der Waals surface area (Å²) in [5.41, 5.74) is 33.4. The van der Waals surface area contributed by atoms with Gasteiger partial charge < -0.3 is 45.2 Å². The van der Waals surface area contributed by atoms with Crippen LogP contribution in [0.4, 0.5) is 0 Å². The molecule has 0 aliphatic heterocycles. The van der Waals surface area contributed by atoms with Gasteiger partial charge in [-0.25, -0.2) is 0 Å². The van der Waals surface area contributed by atoms with E-state index in [-0.39, 0.29) is 18.3 Å². The van der Waals surface area contributed by atoms with E-state index >= 15 is 0 Å². The maximum Gasteiger partial charge on any atom is 0.124 e. The highest BCUT2D eigenvalue weighted by Crippen LogP contribution is 2.41. The largest absolute Gasteiger partial charge is 0.507 e. The number of hydrogen-bond acceptors (Lipinski definition) is 9. The Hall–Kier alpha value is -9.48. The number of phenols is 5. The Morgan fingerprint density at radius 2 is 0.615 bits per heavy atom. The number of aromatic hydroxyl groups is 5. The third-order valence-electron chi connectivity index (χ3n) is 19.7. The summed E-state index contributed by atoms with van der Waals surface area (Å²) < 4.78 is 10.7. The van der Waals surface area contributed by atoms with Crippen LogP contribution in [0.25, 0.3) is 67.8 Å². The van der Waals surface area contributed by atoms with Gasteiger partial charge in [-0.15, -0.1) is 0 Å². The Kier molecular flexibility index (Phi) is 20.7. The molecule has 5 aliphatic rings. The first-order valence-electron chi connectivity index (χ1n) is 33.5. The van der Waals surface area contributed by atoms with Crippen LogP contribution in [0.1, 0.15) is 149 Å². The van der Waals surface area contributed by atoms with Gasteiger partial charge in [0.05, 0.1) is 24.9 Å². The van der Waals surface area contributed by atoms with Crippen molar-refractivity contribution in [3.8, 4) is 84.4 Å². The van der Waals surface area contributed by atoms with Crippen LogP contribution in [0.2, 0.25) is 0 Å². The summed E-state index contributed by atoms with van der Waals surface area (Å²) in [5, 5.41) is 69.2. The number of hydrogen-bond donors (Lipinski definition) is 7. The van der Waals surface area contributed by atoms with Gasteiger partial charge in [0.15, 0.2) is 0 Å². The van der Waals surface area contributed by atoms with Gasteiger partial charge in [-0.2, -0.15) is 0 Å². The number of ether oxygens (including phenoxy) is 2. The van der Waals surface area contributed by atoms with Crippen LogP contribution >= 0.6 is 0 Å². The third-order valence-corrected chi connectivity index (χ3v) is 19.7. The molecule has 9 nitrogen and oxygen atoms in total. The molecule has 0 heterocycles. The van der Waals surface area contributed by atoms with Gasteiger partial charge in [-0.05, 0) is 336 Å². The number of methoxy groups -OCH3 is 2. The lowest BCUT2D eigenvalue weighted by Gasteiger charge is -2.12. The maximum atomic E-state index is 10.1. The summed E-state index contributed by atoms with van der Waals surface area (Å²) in [6.07, 6.45) is 16.1. The van der Waals surface area contributed by atoms with Crippen LogP contribution in [0.3, 0.4) is 0 Å². The molecule has 3 atom stereocenters. The van der Waals surface area contributed by atoms with Crippen molar-refractivity contribution in [3.05, 3.63) is 275 Å². The SMILES string of the molecule is COC1CCc2cc(-c3cc(C)c(O)c(C)c3)ccc21.COCc1cc(-c2ccc3c(c2)CCC3O)cc(C)c1O.Cc1cc(-c2ccc3c(c2)CC=C3)cc(C)c1O.Cc1cc(-c2ccc3c(c2)CC=C3)cc(C)c1O.Cc1cc(-c2ccc3c(c2)CCC3O)cc(C)c1O. The van der Waals surface area contributed by atoms with E-state index in [2.05, 4.69) is 97.1 Å². The number of aryl methyl sites for hydroxylation is 12. The average Bonchev–Trinajstić information content (AvgIpc) is 1.56. The van der Waals surface area contributed by atoms with Crippen LogP contribution in [0, 0.1) is 62.3 Å². The molecule has 7 N–H and O–H groups in total. The maximum absolute atomic E-state index is 10.1. The minimum absolute atomic E-state index is 0.252. The molecule has 492 valence electrons. The highest BCUT2D eigenvalue weighted by Gasteiger charge is 2.25. The van der Waals surface area contributed by atoms with Crippen molar-refractivity contribution in [2.75, 3.05) is 14.2 Å². The fourth-order valence-electron chi connectivity index (χ4n) is 14.2. The lowest BCUT2D eigenvalue weighted by atomic mass is 9.96. The predicted molar refractivity (Wildman–Crippen MR) is 391 cm³/mol. The van der Waals surface area contributed by atoms with Crippen LogP contribution in [-0.2, 0) is 48.2 Å². The predicted octanol–water partition coefficient (Wildman–Crippen LogP) is 19.9. The minimum Gasteiger partial charge on any atom is -0.507 e. The first-order chi connectivity index (χ1) is 46.0. The number of aliphatic hydroxyl groups is 2. The zero-order chi connectivity index (χ0) is 68.2. The lowest BCUT2D eigenvalue weighted by Crippen LogP contribution is -1.95. The average molecular weight is 1280 g/mol. The fraction of sp³-hybridized carbons (Fsp3) is 0.264. The second-order valence-electron chi connectivity index (χ2n) is 26.7. The van der Waals surface area contributed by atoms with Crippen molar-refractivity contribution >= 4 is 12.2 Å². The Bertz CT molecular complexity index is 4430. The monoisotopic (exact) mass is 1280 g/mol. The van der Waals surface area contributed by atoms with Gasteiger partial charge in [-0.1, -0.05) is 115 Å². The molecule has 96 heavy (non-hydrogen) atoms. The van der Waals surface area contributed by atoms with Crippen molar-refractivity contribution in [2.45, 2.75) is 139 Å². The molecule has 0 saturated heterocycles. The molecule has 0 bridgehead atoms. The zero-order valence-electron chi connectivity index (χ0n) is 57.3. The van der Waals surface area contributed by atoms with E-state index in [4.69, 9.17) is 9.47 Å². The van der Waals surface area contributed by atoms with Crippen LogP contribution in [0.15, 0.2) is 164 Å². The summed E-state index contributed by atoms with van der Waals surface area (Å²) in [4.78, 5) is 0. The number of phenolic OH excluding ortho intramolecular Hbond substituents is 5. The number of benzene rings is 10. The molecule has 10 aromatic rings. The first-order valence-corrected chi connectivity index (χ1v) is 33.5. The van der Waals surface area contributed by atoms with Gasteiger partial charge in [0.1, 0.15) is 28.7 Å². The highest BCUT2D eigenvalue weighted by atomic mass is 16.5. The number of fused-ring (bicyclic) bond motifs is 5. The standard InChI is InChI=1S/C18H20O3.C18H20O2.C17H18O2.2C17H16O/c1-11-7-14(9-15(10-21-2)18(11)20)12-3-5-16-13(8-12)4-6-17(16)19;1-11-8-15(9-12(2)18(11)19)13-4-6-16-14(10-13)5-7-17(16)20-3;1-10-7-14(8-11(2)17(10)19)12-3-5-15-13(9-12)4-6-16(15)18;2*1-11-8-16(9-12(2)17(11)18)15-7-6-13-4-3-5-14(13)10-15/h3,5,7-9,17,19-20H,4,6,10H2,1-2H3;4,6,8-10,17,19H,5,7H2,1-3H3;3,5,7-9,16,18-19H,4,6H2,1-2H3;2*3-4,6-10,18H,5H2,1-2H3. The molecule has 0 spiro atoms. The minimum atomic E-state index is -0.320. The summed E-state index contributed by atoms with van der Waals surface area (Å²) in [6.45, 7) is 17.8. The molecular formula is C87H90O9. The van der Waals surface area contributed by atoms with Crippen molar-refractivity contribution < 1.29 is 45.2 Å². The van der Waals surface area contributed by atoms with Crippen LogP contribution in [0.5, 0.6) is 28.7 Å². The van der Waals surface area contributed by atoms with Gasteiger partial charge in [0.2, 0.25) is 0 Å². The Labute approximate surface area is 566 Å². The van der Waals surface area contributed by atoms with Gasteiger partial charge in [-0.3, -0.25) is 0 Å². The molecule has 3 unspecified atom stereocenters. The molecule has 5 aliphatic carbocycles. The zero-order valence-corrected chi connectivity index (χ0v) is 57.3. The Morgan fingerprint density at radius 3 is 0.958 bits per heavy atom. The van der Waals surface area contributed by atoms with E-state index in [0.717, 1.165) is 140 Å². The number of rotatable bonds is 8. The molecule has 0 radical (unpaired) electrons. The molecule has 0 aromatic heterocycles. The van der Waals surface area contributed by atoms with Crippen molar-refractivity contribution in [1.29, 1.82) is 0 Å². The second kappa shape index (κ2) is 29.3. The van der Waals surface area contributed by atoms with Crippen LogP contribution in [-0.4, -0.2) is 50.0 Å². The van der Waals surface area contributed by atoms with Gasteiger partial charge in [0.25, 0.3) is 0 Å². The van der Waals surface area contributed by atoms with E-state index < -0.39 is 0 Å². The van der Waals surface area contributed by atoms with Crippen molar-refractivity contribution in [3.63, 3.8) is 0 Å². The van der Waals surface area contributed by atoms with E-state index in [9.17, 15) is 35.7 Å². The topological polar surface area (TPSA) is 160 Å². The van der Waals surface area contributed by atoms with Crippen LogP contribution < -0.4 is 0 Å². The number of allylic oxidation sites excluding steroid dienone is 2. The van der Waals surface area contributed by atoms with Crippen molar-refractivity contribution in [2.24, 2.45) is 0 Å². The second-order valence-corrected chi connectivity index (χ2v) is 26.7. The van der Waals surface area contributed by atoms with E-state index in [1.165, 1.54) is 77.9 Å². The summed E-state index contributed by atoms with van der Waals surface area (Å²) in [7, 11) is 3.40. The molecule has 10 aromatic carbocycles. The highest BCUT2D eigenvalue weighted by molar-refractivity contribution is 5.75. The first kappa shape index (κ1) is 67.9. The molecular weight excluding hydrogens is 1190 g/mol. The van der Waals surface area contributed by atoms with E-state index in [1.54, 1.807) is 14.2 Å². The number of aliphatic hydroxyl groups excluding tert-OH is 2. The summed E-state index contributed by atoms with van der Waals surface area (Å²) in [5.74, 6) is 1.88. The smallest absolute Gasteiger partial charge is 0.124 e. The van der Waals surface area contributed by atoms with E-state index in [0.29, 0.717) is 35.4 Å². The quantitative estimate of drug-likeness (QED) is 0.0786. The van der Waals surface area contributed by atoms with Gasteiger partial charge in [0, 0.05) is 19.8 Å². The van der Waals surface area contributed by atoms with Gasteiger partial charge >= 0.3 is 0 Å². The fourth-order valence-corrected chi connectivity index (χ4v) is 14.2.